The fraction of sp³-hybridized carbons (Fsp3) is 0.650. The monoisotopic (exact) mass is 546 g/mol. The quantitative estimate of drug-likeness (QED) is 0.0370. The molecule has 0 heterocycles. The molecule has 0 aromatic rings. The first-order valence-corrected chi connectivity index (χ1v) is 12.1. The number of thiol groups is 1. The Bertz CT molecular complexity index is 842. The maximum Gasteiger partial charge on any atom is 0.326 e. The zero-order valence-electron chi connectivity index (χ0n) is 20.8. The van der Waals surface area contributed by atoms with Crippen molar-refractivity contribution in [1.82, 2.24) is 31.9 Å². The van der Waals surface area contributed by atoms with E-state index in [4.69, 9.17) is 22.3 Å². The number of aliphatic carboxylic acids is 1. The molecule has 13 N–H and O–H groups in total. The molecule has 0 aliphatic rings. The summed E-state index contributed by atoms with van der Waals surface area (Å²) in [6, 6.07) is -4.49. The Balaban J connectivity index is 5.29. The van der Waals surface area contributed by atoms with Gasteiger partial charge in [0.05, 0.1) is 0 Å². The highest BCUT2D eigenvalue weighted by atomic mass is 32.1. The third-order valence-electron chi connectivity index (χ3n) is 4.85. The summed E-state index contributed by atoms with van der Waals surface area (Å²) < 4.78 is 0. The summed E-state index contributed by atoms with van der Waals surface area (Å²) in [6.45, 7) is 3.06. The van der Waals surface area contributed by atoms with Gasteiger partial charge in [-0.3, -0.25) is 30.0 Å². The highest BCUT2D eigenvalue weighted by molar-refractivity contribution is 7.80. The Kier molecular flexibility index (Phi) is 15.8. The van der Waals surface area contributed by atoms with E-state index in [0.29, 0.717) is 12.8 Å². The van der Waals surface area contributed by atoms with Gasteiger partial charge in [0.2, 0.25) is 23.6 Å². The summed E-state index contributed by atoms with van der Waals surface area (Å²) in [5, 5.41) is 38.6. The first kappa shape index (κ1) is 33.2. The predicted octanol–water partition coefficient (Wildman–Crippen LogP) is -3.49. The van der Waals surface area contributed by atoms with Crippen LogP contribution in [0.5, 0.6) is 0 Å². The molecule has 37 heavy (non-hydrogen) atoms. The van der Waals surface area contributed by atoms with Gasteiger partial charge in [-0.05, 0) is 32.6 Å². The molecule has 17 heteroatoms. The van der Waals surface area contributed by atoms with Crippen molar-refractivity contribution in [3.8, 4) is 0 Å². The van der Waals surface area contributed by atoms with Crippen LogP contribution in [0.4, 0.5) is 0 Å². The summed E-state index contributed by atoms with van der Waals surface area (Å²) in [5.41, 5.74) is 10.4. The summed E-state index contributed by atoms with van der Waals surface area (Å²) in [4.78, 5) is 60.8. The second kappa shape index (κ2) is 17.6. The molecule has 0 rings (SSSR count). The average Bonchev–Trinajstić information content (AvgIpc) is 2.80. The van der Waals surface area contributed by atoms with Crippen LogP contribution in [-0.4, -0.2) is 89.6 Å². The molecule has 16 nitrogen and oxygen atoms in total. The molecule has 0 saturated heterocycles. The van der Waals surface area contributed by atoms with Gasteiger partial charge < -0.3 is 48.5 Å². The van der Waals surface area contributed by atoms with Crippen LogP contribution in [0.3, 0.4) is 0 Å². The number of hydrogen-bond donors (Lipinski definition) is 12. The van der Waals surface area contributed by atoms with Gasteiger partial charge in [-0.25, -0.2) is 4.79 Å². The Morgan fingerprint density at radius 1 is 0.784 bits per heavy atom. The number of hydrogen-bond acceptors (Lipinski definition) is 8. The smallest absolute Gasteiger partial charge is 0.326 e. The van der Waals surface area contributed by atoms with E-state index >= 15 is 0 Å². The Hall–Kier alpha value is -3.76. The van der Waals surface area contributed by atoms with Gasteiger partial charge in [0, 0.05) is 25.8 Å². The molecule has 0 aliphatic carbocycles. The number of rotatable bonds is 17. The molecule has 0 fully saturated rings. The van der Waals surface area contributed by atoms with Crippen LogP contribution in [0, 0.1) is 10.8 Å². The topological polar surface area (TPSA) is 278 Å². The summed E-state index contributed by atoms with van der Waals surface area (Å²) >= 11 is 4.01. The Morgan fingerprint density at radius 2 is 1.24 bits per heavy atom. The highest BCUT2D eigenvalue weighted by Gasteiger charge is 2.29. The van der Waals surface area contributed by atoms with E-state index in [-0.39, 0.29) is 43.6 Å². The highest BCUT2D eigenvalue weighted by Crippen LogP contribution is 2.03. The summed E-state index contributed by atoms with van der Waals surface area (Å²) in [5.74, 6) is -4.40. The Labute approximate surface area is 220 Å². The van der Waals surface area contributed by atoms with Crippen LogP contribution in [0.1, 0.15) is 39.5 Å². The van der Waals surface area contributed by atoms with E-state index < -0.39 is 53.8 Å². The molecular weight excluding hydrogens is 508 g/mol. The SMILES string of the molecule is CC(=O)N[C@H](CS)C(=O)N[C@H](C)C(=O)N[C@H](CCCNC(=N)N)C(=O)N[C@H](CCCNC(=N)N)C(=O)O. The first-order chi connectivity index (χ1) is 17.3. The van der Waals surface area contributed by atoms with Crippen LogP contribution in [0.25, 0.3) is 0 Å². The van der Waals surface area contributed by atoms with E-state index in [0.717, 1.165) is 0 Å². The molecule has 0 aromatic carbocycles. The van der Waals surface area contributed by atoms with E-state index in [1.54, 1.807) is 0 Å². The zero-order valence-corrected chi connectivity index (χ0v) is 21.7. The van der Waals surface area contributed by atoms with Crippen molar-refractivity contribution in [2.24, 2.45) is 11.5 Å². The maximum atomic E-state index is 12.9. The van der Waals surface area contributed by atoms with Gasteiger partial charge in [0.25, 0.3) is 0 Å². The molecule has 210 valence electrons. The minimum Gasteiger partial charge on any atom is -0.480 e. The zero-order chi connectivity index (χ0) is 28.5. The van der Waals surface area contributed by atoms with Crippen molar-refractivity contribution in [3.05, 3.63) is 0 Å². The standard InChI is InChI=1S/C20H38N10O6S/c1-10(27-17(34)14(9-37)28-11(2)31)15(32)29-12(5-3-7-25-19(21)22)16(33)30-13(18(35)36)6-4-8-26-20(23)24/h10,12-14,37H,3-9H2,1-2H3,(H,27,34)(H,28,31)(H,29,32)(H,30,33)(H,35,36)(H4,21,22,25)(H4,23,24,26)/t10-,12-,13-,14-/m1/s1. The average molecular weight is 547 g/mol. The number of amides is 4. The molecule has 4 amide bonds. The summed E-state index contributed by atoms with van der Waals surface area (Å²) in [7, 11) is 0. The lowest BCUT2D eigenvalue weighted by molar-refractivity contribution is -0.142. The van der Waals surface area contributed by atoms with Crippen LogP contribution < -0.4 is 43.4 Å². The molecule has 4 atom stereocenters. The fourth-order valence-corrected chi connectivity index (χ4v) is 3.23. The molecule has 0 spiro atoms. The molecule has 0 radical (unpaired) electrons. The largest absolute Gasteiger partial charge is 0.480 e. The van der Waals surface area contributed by atoms with Gasteiger partial charge in [0.15, 0.2) is 11.9 Å². The third-order valence-corrected chi connectivity index (χ3v) is 5.21. The lowest BCUT2D eigenvalue weighted by Crippen LogP contribution is -2.57. The second-order valence-corrected chi connectivity index (χ2v) is 8.46. The third kappa shape index (κ3) is 15.1. The van der Waals surface area contributed by atoms with E-state index in [1.165, 1.54) is 13.8 Å². The van der Waals surface area contributed by atoms with Crippen molar-refractivity contribution in [1.29, 1.82) is 10.8 Å². The number of nitrogens with one attached hydrogen (secondary N) is 8. The van der Waals surface area contributed by atoms with Crippen LogP contribution in [0.15, 0.2) is 0 Å². The number of nitrogens with two attached hydrogens (primary N) is 2. The molecule has 0 aliphatic heterocycles. The molecule has 0 unspecified atom stereocenters. The van der Waals surface area contributed by atoms with E-state index in [9.17, 15) is 29.1 Å². The first-order valence-electron chi connectivity index (χ1n) is 11.5. The maximum absolute atomic E-state index is 12.9. The van der Waals surface area contributed by atoms with Crippen molar-refractivity contribution in [2.75, 3.05) is 18.8 Å². The van der Waals surface area contributed by atoms with E-state index in [1.807, 2.05) is 0 Å². The second-order valence-electron chi connectivity index (χ2n) is 8.09. The molecule has 0 aromatic heterocycles. The van der Waals surface area contributed by atoms with Gasteiger partial charge in [0.1, 0.15) is 24.2 Å². The van der Waals surface area contributed by atoms with Crippen LogP contribution in [-0.2, 0) is 24.0 Å². The van der Waals surface area contributed by atoms with Crippen LogP contribution >= 0.6 is 12.6 Å². The minimum atomic E-state index is -1.28. The number of carbonyl (C=O) groups is 5. The van der Waals surface area contributed by atoms with E-state index in [2.05, 4.69) is 44.5 Å². The van der Waals surface area contributed by atoms with Crippen LogP contribution in [0.2, 0.25) is 0 Å². The fourth-order valence-electron chi connectivity index (χ4n) is 2.97. The lowest BCUT2D eigenvalue weighted by atomic mass is 10.1. The molecular formula is C20H38N10O6S. The van der Waals surface area contributed by atoms with Gasteiger partial charge in [-0.2, -0.15) is 12.6 Å². The number of carbonyl (C=O) groups excluding carboxylic acids is 4. The Morgan fingerprint density at radius 3 is 1.68 bits per heavy atom. The number of carboxylic acids is 1. The predicted molar refractivity (Wildman–Crippen MR) is 139 cm³/mol. The minimum absolute atomic E-state index is 0.00749. The van der Waals surface area contributed by atoms with Crippen molar-refractivity contribution >= 4 is 54.1 Å². The normalized spacial score (nSPS) is 13.6. The number of carboxylic acid groups (broad SMARTS) is 1. The lowest BCUT2D eigenvalue weighted by Gasteiger charge is -2.24. The molecule has 0 bridgehead atoms. The van der Waals surface area contributed by atoms with Gasteiger partial charge in [-0.15, -0.1) is 0 Å². The van der Waals surface area contributed by atoms with Gasteiger partial charge >= 0.3 is 5.97 Å². The van der Waals surface area contributed by atoms with Crippen molar-refractivity contribution < 1.29 is 29.1 Å². The van der Waals surface area contributed by atoms with Crippen molar-refractivity contribution in [2.45, 2.75) is 63.7 Å². The summed E-state index contributed by atoms with van der Waals surface area (Å²) in [6.07, 6.45) is 0.694. The molecule has 0 saturated carbocycles. The number of guanidine groups is 2. The van der Waals surface area contributed by atoms with Gasteiger partial charge in [-0.1, -0.05) is 0 Å². The van der Waals surface area contributed by atoms with Crippen molar-refractivity contribution in [3.63, 3.8) is 0 Å².